The number of fused-ring (bicyclic) bond motifs is 1. The van der Waals surface area contributed by atoms with Crippen molar-refractivity contribution in [3.8, 4) is 0 Å². The maximum Gasteiger partial charge on any atom is 0.257 e. The Morgan fingerprint density at radius 3 is 2.56 bits per heavy atom. The number of nitrogens with one attached hydrogen (secondary N) is 1. The van der Waals surface area contributed by atoms with E-state index in [2.05, 4.69) is 49.0 Å². The molecule has 1 aliphatic heterocycles. The summed E-state index contributed by atoms with van der Waals surface area (Å²) < 4.78 is 0. The number of anilines is 2. The molecule has 34 heavy (non-hydrogen) atoms. The van der Waals surface area contributed by atoms with E-state index < -0.39 is 0 Å². The Morgan fingerprint density at radius 1 is 1.06 bits per heavy atom. The Labute approximate surface area is 199 Å². The fourth-order valence-corrected chi connectivity index (χ4v) is 4.06. The first-order chi connectivity index (χ1) is 16.5. The SMILES string of the molecule is CN=CC(=NN)c1ccc2cnc(NC(=O)c3ccnc(N4CCN(C(C)C)CC4)c3)cc2c1. The molecule has 1 aromatic carbocycles. The van der Waals surface area contributed by atoms with Gasteiger partial charge in [0.05, 0.1) is 0 Å². The average Bonchev–Trinajstić information content (AvgIpc) is 2.87. The van der Waals surface area contributed by atoms with Crippen molar-refractivity contribution in [3.05, 3.63) is 59.9 Å². The molecular formula is C25H30N8O. The second-order valence-corrected chi connectivity index (χ2v) is 8.51. The minimum absolute atomic E-state index is 0.227. The van der Waals surface area contributed by atoms with Gasteiger partial charge in [-0.05, 0) is 43.5 Å². The zero-order valence-corrected chi connectivity index (χ0v) is 19.8. The first-order valence-electron chi connectivity index (χ1n) is 11.3. The van der Waals surface area contributed by atoms with Crippen molar-refractivity contribution in [3.63, 3.8) is 0 Å². The molecular weight excluding hydrogens is 428 g/mol. The van der Waals surface area contributed by atoms with Gasteiger partial charge >= 0.3 is 0 Å². The van der Waals surface area contributed by atoms with Crippen molar-refractivity contribution >= 4 is 40.2 Å². The fourth-order valence-electron chi connectivity index (χ4n) is 4.06. The average molecular weight is 459 g/mol. The number of benzene rings is 1. The molecule has 3 aromatic rings. The number of hydrogen-bond donors (Lipinski definition) is 2. The number of piperazine rings is 1. The van der Waals surface area contributed by atoms with Crippen LogP contribution in [-0.2, 0) is 0 Å². The summed E-state index contributed by atoms with van der Waals surface area (Å²) in [5, 5.41) is 8.55. The van der Waals surface area contributed by atoms with Gasteiger partial charge in [0.1, 0.15) is 17.3 Å². The van der Waals surface area contributed by atoms with Gasteiger partial charge in [-0.15, -0.1) is 0 Å². The number of aromatic nitrogens is 2. The van der Waals surface area contributed by atoms with Gasteiger partial charge in [-0.1, -0.05) is 12.1 Å². The van der Waals surface area contributed by atoms with Crippen molar-refractivity contribution in [2.75, 3.05) is 43.4 Å². The standard InChI is InChI=1S/C25H30N8O/c1-17(2)32-8-10-33(11-9-32)24-14-19(6-7-28-24)25(34)30-23-13-21-12-18(22(31-26)16-27-3)4-5-20(21)15-29-23/h4-7,12-17H,8-11,26H2,1-3H3,(H,29,30,34). The van der Waals surface area contributed by atoms with Crippen molar-refractivity contribution in [2.24, 2.45) is 15.9 Å². The van der Waals surface area contributed by atoms with Crippen LogP contribution in [0, 0.1) is 0 Å². The van der Waals surface area contributed by atoms with Crippen LogP contribution in [0.4, 0.5) is 11.6 Å². The second kappa shape index (κ2) is 10.4. The van der Waals surface area contributed by atoms with Gasteiger partial charge in [0.25, 0.3) is 5.91 Å². The summed E-state index contributed by atoms with van der Waals surface area (Å²) in [6, 6.07) is 11.7. The molecule has 0 bridgehead atoms. The molecule has 1 aliphatic rings. The zero-order chi connectivity index (χ0) is 24.1. The van der Waals surface area contributed by atoms with Gasteiger partial charge in [0.2, 0.25) is 0 Å². The summed E-state index contributed by atoms with van der Waals surface area (Å²) in [5.41, 5.74) is 1.95. The van der Waals surface area contributed by atoms with E-state index in [-0.39, 0.29) is 5.91 Å². The van der Waals surface area contributed by atoms with E-state index in [0.717, 1.165) is 48.3 Å². The van der Waals surface area contributed by atoms with Crippen LogP contribution in [-0.4, -0.2) is 72.0 Å². The summed E-state index contributed by atoms with van der Waals surface area (Å²) in [4.78, 5) is 30.5. The molecule has 0 atom stereocenters. The van der Waals surface area contributed by atoms with E-state index in [4.69, 9.17) is 5.84 Å². The van der Waals surface area contributed by atoms with Crippen LogP contribution >= 0.6 is 0 Å². The smallest absolute Gasteiger partial charge is 0.257 e. The molecule has 3 heterocycles. The molecule has 176 valence electrons. The van der Waals surface area contributed by atoms with E-state index in [9.17, 15) is 4.79 Å². The topological polar surface area (TPSA) is 112 Å². The van der Waals surface area contributed by atoms with Crippen molar-refractivity contribution < 1.29 is 4.79 Å². The molecule has 3 N–H and O–H groups in total. The molecule has 0 aliphatic carbocycles. The molecule has 0 spiro atoms. The van der Waals surface area contributed by atoms with Gasteiger partial charge in [0, 0.05) is 74.4 Å². The van der Waals surface area contributed by atoms with E-state index >= 15 is 0 Å². The van der Waals surface area contributed by atoms with Crippen LogP contribution in [0.1, 0.15) is 29.8 Å². The van der Waals surface area contributed by atoms with E-state index in [1.54, 1.807) is 31.7 Å². The molecule has 0 saturated carbocycles. The normalized spacial score (nSPS) is 15.4. The third-order valence-electron chi connectivity index (χ3n) is 6.03. The minimum Gasteiger partial charge on any atom is -0.354 e. The number of aliphatic imine (C=N–C) groups is 1. The molecule has 0 radical (unpaired) electrons. The summed E-state index contributed by atoms with van der Waals surface area (Å²) >= 11 is 0. The van der Waals surface area contributed by atoms with Crippen molar-refractivity contribution in [1.82, 2.24) is 14.9 Å². The van der Waals surface area contributed by atoms with Gasteiger partial charge in [-0.25, -0.2) is 9.97 Å². The molecule has 1 fully saturated rings. The third-order valence-corrected chi connectivity index (χ3v) is 6.03. The van der Waals surface area contributed by atoms with Gasteiger partial charge < -0.3 is 16.1 Å². The lowest BCUT2D eigenvalue weighted by atomic mass is 10.1. The predicted octanol–water partition coefficient (Wildman–Crippen LogP) is 2.78. The van der Waals surface area contributed by atoms with E-state index in [1.807, 2.05) is 30.3 Å². The summed E-state index contributed by atoms with van der Waals surface area (Å²) in [6.07, 6.45) is 5.02. The summed E-state index contributed by atoms with van der Waals surface area (Å²) in [7, 11) is 1.67. The second-order valence-electron chi connectivity index (χ2n) is 8.51. The number of carbonyl (C=O) groups is 1. The maximum atomic E-state index is 13.0. The number of nitrogens with zero attached hydrogens (tertiary/aromatic N) is 6. The van der Waals surface area contributed by atoms with Crippen LogP contribution in [0.25, 0.3) is 10.8 Å². The molecule has 2 aromatic heterocycles. The number of carbonyl (C=O) groups excluding carboxylic acids is 1. The largest absolute Gasteiger partial charge is 0.354 e. The number of hydrazone groups is 1. The van der Waals surface area contributed by atoms with Crippen LogP contribution in [0.3, 0.4) is 0 Å². The fraction of sp³-hybridized carbons (Fsp3) is 0.320. The van der Waals surface area contributed by atoms with Crippen LogP contribution < -0.4 is 16.1 Å². The summed E-state index contributed by atoms with van der Waals surface area (Å²) in [6.45, 7) is 8.18. The molecule has 4 rings (SSSR count). The molecule has 9 heteroatoms. The lowest BCUT2D eigenvalue weighted by molar-refractivity contribution is 0.102. The van der Waals surface area contributed by atoms with Crippen LogP contribution in [0.5, 0.6) is 0 Å². The lowest BCUT2D eigenvalue weighted by Crippen LogP contribution is -2.49. The highest BCUT2D eigenvalue weighted by atomic mass is 16.1. The maximum absolute atomic E-state index is 13.0. The van der Waals surface area contributed by atoms with Gasteiger partial charge in [-0.3, -0.25) is 14.7 Å². The van der Waals surface area contributed by atoms with Crippen LogP contribution in [0.2, 0.25) is 0 Å². The quantitative estimate of drug-likeness (QED) is 0.334. The Balaban J connectivity index is 1.50. The number of rotatable bonds is 6. The molecule has 9 nitrogen and oxygen atoms in total. The molecule has 1 amide bonds. The number of pyridine rings is 2. The first kappa shape index (κ1) is 23.3. The Bertz CT molecular complexity index is 1230. The Hall–Kier alpha value is -3.85. The highest BCUT2D eigenvalue weighted by molar-refractivity contribution is 6.38. The minimum atomic E-state index is -0.227. The molecule has 0 unspecified atom stereocenters. The Kier molecular flexibility index (Phi) is 7.12. The van der Waals surface area contributed by atoms with E-state index in [0.29, 0.717) is 23.1 Å². The van der Waals surface area contributed by atoms with Crippen molar-refractivity contribution in [1.29, 1.82) is 0 Å². The molecule has 1 saturated heterocycles. The van der Waals surface area contributed by atoms with Gasteiger partial charge in [0.15, 0.2) is 0 Å². The Morgan fingerprint density at radius 2 is 1.85 bits per heavy atom. The van der Waals surface area contributed by atoms with E-state index in [1.165, 1.54) is 0 Å². The highest BCUT2D eigenvalue weighted by Crippen LogP contribution is 2.21. The van der Waals surface area contributed by atoms with Gasteiger partial charge in [-0.2, -0.15) is 5.10 Å². The summed E-state index contributed by atoms with van der Waals surface area (Å²) in [5.74, 6) is 6.56. The highest BCUT2D eigenvalue weighted by Gasteiger charge is 2.20. The van der Waals surface area contributed by atoms with Crippen LogP contribution in [0.15, 0.2) is 58.9 Å². The number of amides is 1. The third kappa shape index (κ3) is 5.20. The van der Waals surface area contributed by atoms with Crippen molar-refractivity contribution in [2.45, 2.75) is 19.9 Å². The first-order valence-corrected chi connectivity index (χ1v) is 11.3. The predicted molar refractivity (Wildman–Crippen MR) is 138 cm³/mol. The monoisotopic (exact) mass is 458 g/mol. The number of nitrogens with two attached hydrogens (primary N) is 1. The zero-order valence-electron chi connectivity index (χ0n) is 19.8. The lowest BCUT2D eigenvalue weighted by Gasteiger charge is -2.37. The number of hydrogen-bond acceptors (Lipinski definition) is 8.